The van der Waals surface area contributed by atoms with Crippen LogP contribution < -0.4 is 4.74 Å². The monoisotopic (exact) mass is 275 g/mol. The number of aromatic nitrogens is 1. The first-order valence-corrected chi connectivity index (χ1v) is 6.60. The van der Waals surface area contributed by atoms with Crippen LogP contribution in [0.4, 0.5) is 4.39 Å². The quantitative estimate of drug-likeness (QED) is 0.804. The van der Waals surface area contributed by atoms with Crippen LogP contribution in [0.25, 0.3) is 10.9 Å². The van der Waals surface area contributed by atoms with Crippen molar-refractivity contribution in [1.29, 1.82) is 0 Å². The fourth-order valence-corrected chi connectivity index (χ4v) is 1.98. The number of fused-ring (bicyclic) bond motifs is 1. The van der Waals surface area contributed by atoms with Gasteiger partial charge in [-0.15, -0.1) is 0 Å². The summed E-state index contributed by atoms with van der Waals surface area (Å²) in [5.74, 6) is -0.386. The number of halogens is 1. The van der Waals surface area contributed by atoms with E-state index < -0.39 is 11.8 Å². The molecule has 0 aliphatic heterocycles. The molecular weight excluding hydrogens is 261 g/mol. The predicted molar refractivity (Wildman–Crippen MR) is 71.3 cm³/mol. The van der Waals surface area contributed by atoms with Gasteiger partial charge in [-0.2, -0.15) is 0 Å². The summed E-state index contributed by atoms with van der Waals surface area (Å²) in [6.07, 6.45) is 3.30. The Bertz CT molecular complexity index is 667. The minimum absolute atomic E-state index is 0.169. The van der Waals surface area contributed by atoms with E-state index in [0.29, 0.717) is 22.2 Å². The van der Waals surface area contributed by atoms with E-state index >= 15 is 0 Å². The summed E-state index contributed by atoms with van der Waals surface area (Å²) in [6.45, 7) is 2.03. The van der Waals surface area contributed by atoms with Crippen LogP contribution in [0.15, 0.2) is 24.4 Å². The third-order valence-corrected chi connectivity index (χ3v) is 3.04. The molecule has 1 fully saturated rings. The Hall–Kier alpha value is -2.17. The SMILES string of the molecule is CCOC(=O)c1cc(OC2CC2)c2ncc(F)cc2c1. The van der Waals surface area contributed by atoms with Crippen molar-refractivity contribution in [3.8, 4) is 5.75 Å². The largest absolute Gasteiger partial charge is 0.488 e. The molecule has 1 aromatic carbocycles. The summed E-state index contributed by atoms with van der Waals surface area (Å²) in [5, 5.41) is 0.534. The highest BCUT2D eigenvalue weighted by atomic mass is 19.1. The average molecular weight is 275 g/mol. The molecule has 1 saturated carbocycles. The van der Waals surface area contributed by atoms with Crippen LogP contribution in [-0.4, -0.2) is 23.7 Å². The first-order chi connectivity index (χ1) is 9.67. The lowest BCUT2D eigenvalue weighted by Crippen LogP contribution is -2.06. The average Bonchev–Trinajstić information content (AvgIpc) is 3.22. The second-order valence-electron chi connectivity index (χ2n) is 4.74. The van der Waals surface area contributed by atoms with Crippen molar-refractivity contribution in [3.63, 3.8) is 0 Å². The lowest BCUT2D eigenvalue weighted by molar-refractivity contribution is 0.0526. The van der Waals surface area contributed by atoms with Gasteiger partial charge in [0.15, 0.2) is 0 Å². The van der Waals surface area contributed by atoms with Crippen molar-refractivity contribution in [3.05, 3.63) is 35.8 Å². The molecule has 0 bridgehead atoms. The first kappa shape index (κ1) is 12.8. The molecule has 0 atom stereocenters. The Morgan fingerprint density at radius 3 is 2.90 bits per heavy atom. The van der Waals surface area contributed by atoms with Gasteiger partial charge in [0.05, 0.1) is 24.5 Å². The van der Waals surface area contributed by atoms with Crippen LogP contribution in [0, 0.1) is 5.82 Å². The third-order valence-electron chi connectivity index (χ3n) is 3.04. The molecule has 0 amide bonds. The molecule has 104 valence electrons. The molecule has 1 heterocycles. The number of pyridine rings is 1. The van der Waals surface area contributed by atoms with Crippen LogP contribution in [-0.2, 0) is 4.74 Å². The number of benzene rings is 1. The molecular formula is C15H14FNO3. The Morgan fingerprint density at radius 1 is 1.40 bits per heavy atom. The zero-order valence-corrected chi connectivity index (χ0v) is 11.1. The molecule has 0 N–H and O–H groups in total. The number of carbonyl (C=O) groups is 1. The molecule has 1 aromatic heterocycles. The van der Waals surface area contributed by atoms with E-state index in [1.165, 1.54) is 6.07 Å². The van der Waals surface area contributed by atoms with Gasteiger partial charge in [0.2, 0.25) is 0 Å². The van der Waals surface area contributed by atoms with Crippen molar-refractivity contribution in [2.24, 2.45) is 0 Å². The lowest BCUT2D eigenvalue weighted by Gasteiger charge is -2.10. The highest BCUT2D eigenvalue weighted by molar-refractivity contribution is 5.97. The molecule has 0 radical (unpaired) electrons. The normalized spacial score (nSPS) is 14.3. The Kier molecular flexibility index (Phi) is 3.26. The van der Waals surface area contributed by atoms with E-state index in [1.807, 2.05) is 0 Å². The Labute approximate surface area is 115 Å². The Morgan fingerprint density at radius 2 is 2.20 bits per heavy atom. The fraction of sp³-hybridized carbons (Fsp3) is 0.333. The van der Waals surface area contributed by atoms with Crippen molar-refractivity contribution < 1.29 is 18.7 Å². The summed E-state index contributed by atoms with van der Waals surface area (Å²) in [7, 11) is 0. The topological polar surface area (TPSA) is 48.4 Å². The Balaban J connectivity index is 2.09. The van der Waals surface area contributed by atoms with Gasteiger partial charge in [0, 0.05) is 5.39 Å². The van der Waals surface area contributed by atoms with E-state index in [1.54, 1.807) is 19.1 Å². The van der Waals surface area contributed by atoms with Gasteiger partial charge < -0.3 is 9.47 Å². The first-order valence-electron chi connectivity index (χ1n) is 6.60. The van der Waals surface area contributed by atoms with Crippen LogP contribution in [0.2, 0.25) is 0 Å². The summed E-state index contributed by atoms with van der Waals surface area (Å²) in [6, 6.07) is 4.53. The molecule has 1 aliphatic rings. The molecule has 5 heteroatoms. The van der Waals surface area contributed by atoms with Crippen LogP contribution in [0.1, 0.15) is 30.1 Å². The van der Waals surface area contributed by atoms with E-state index in [0.717, 1.165) is 19.0 Å². The van der Waals surface area contributed by atoms with E-state index in [9.17, 15) is 9.18 Å². The molecule has 4 nitrogen and oxygen atoms in total. The zero-order chi connectivity index (χ0) is 14.1. The minimum Gasteiger partial charge on any atom is -0.488 e. The number of carbonyl (C=O) groups excluding carboxylic acids is 1. The van der Waals surface area contributed by atoms with Gasteiger partial charge >= 0.3 is 5.97 Å². The molecule has 0 spiro atoms. The number of hydrogen-bond acceptors (Lipinski definition) is 4. The number of ether oxygens (including phenoxy) is 2. The summed E-state index contributed by atoms with van der Waals surface area (Å²) < 4.78 is 24.0. The molecule has 3 rings (SSSR count). The second-order valence-corrected chi connectivity index (χ2v) is 4.74. The maximum absolute atomic E-state index is 13.3. The zero-order valence-electron chi connectivity index (χ0n) is 11.1. The summed E-state index contributed by atoms with van der Waals surface area (Å²) in [4.78, 5) is 15.9. The maximum atomic E-state index is 13.3. The predicted octanol–water partition coefficient (Wildman–Crippen LogP) is 3.09. The van der Waals surface area contributed by atoms with Gasteiger partial charge in [0.25, 0.3) is 0 Å². The fourth-order valence-electron chi connectivity index (χ4n) is 1.98. The maximum Gasteiger partial charge on any atom is 0.338 e. The number of esters is 1. The molecule has 0 saturated heterocycles. The van der Waals surface area contributed by atoms with Crippen LogP contribution in [0.3, 0.4) is 0 Å². The highest BCUT2D eigenvalue weighted by Crippen LogP contribution is 2.32. The molecule has 2 aromatic rings. The number of rotatable bonds is 4. The van der Waals surface area contributed by atoms with Gasteiger partial charge in [-0.1, -0.05) is 0 Å². The molecule has 20 heavy (non-hydrogen) atoms. The van der Waals surface area contributed by atoms with E-state index in [4.69, 9.17) is 9.47 Å². The van der Waals surface area contributed by atoms with Crippen molar-refractivity contribution in [1.82, 2.24) is 4.98 Å². The van der Waals surface area contributed by atoms with E-state index in [2.05, 4.69) is 4.98 Å². The van der Waals surface area contributed by atoms with Crippen LogP contribution >= 0.6 is 0 Å². The smallest absolute Gasteiger partial charge is 0.338 e. The lowest BCUT2D eigenvalue weighted by atomic mass is 10.1. The number of nitrogens with zero attached hydrogens (tertiary/aromatic N) is 1. The summed E-state index contributed by atoms with van der Waals surface area (Å²) in [5.41, 5.74) is 0.911. The summed E-state index contributed by atoms with van der Waals surface area (Å²) >= 11 is 0. The van der Waals surface area contributed by atoms with Crippen molar-refractivity contribution in [2.75, 3.05) is 6.61 Å². The second kappa shape index (κ2) is 5.07. The van der Waals surface area contributed by atoms with Crippen LogP contribution in [0.5, 0.6) is 5.75 Å². The van der Waals surface area contributed by atoms with Gasteiger partial charge in [-0.05, 0) is 38.0 Å². The molecule has 1 aliphatic carbocycles. The van der Waals surface area contributed by atoms with Crippen molar-refractivity contribution in [2.45, 2.75) is 25.9 Å². The van der Waals surface area contributed by atoms with Gasteiger partial charge in [-0.25, -0.2) is 14.2 Å². The van der Waals surface area contributed by atoms with Crippen molar-refractivity contribution >= 4 is 16.9 Å². The van der Waals surface area contributed by atoms with Gasteiger partial charge in [0.1, 0.15) is 17.1 Å². The number of hydrogen-bond donors (Lipinski definition) is 0. The third kappa shape index (κ3) is 2.57. The van der Waals surface area contributed by atoms with E-state index in [-0.39, 0.29) is 12.7 Å². The molecule has 0 unspecified atom stereocenters. The standard InChI is InChI=1S/C15H14FNO3/c1-2-19-15(18)10-5-9-6-11(16)8-17-14(9)13(7-10)20-12-3-4-12/h5-8,12H,2-4H2,1H3. The van der Waals surface area contributed by atoms with Gasteiger partial charge in [-0.3, -0.25) is 0 Å². The minimum atomic E-state index is -0.448. The highest BCUT2D eigenvalue weighted by Gasteiger charge is 2.25.